The second-order valence-corrected chi connectivity index (χ2v) is 5.27. The molecular weight excluding hydrogens is 214 g/mol. The predicted octanol–water partition coefficient (Wildman–Crippen LogP) is 1.27. The minimum atomic E-state index is 0.294. The highest BCUT2D eigenvalue weighted by Gasteiger charge is 2.22. The number of hydrogen-bond acceptors (Lipinski definition) is 3. The van der Waals surface area contributed by atoms with Gasteiger partial charge in [-0.25, -0.2) is 4.98 Å². The molecule has 0 aliphatic carbocycles. The molecule has 2 unspecified atom stereocenters. The molecule has 2 N–H and O–H groups in total. The van der Waals surface area contributed by atoms with Crippen LogP contribution in [0, 0.1) is 0 Å². The Hall–Kier alpha value is -0.870. The van der Waals surface area contributed by atoms with Crippen LogP contribution < -0.4 is 5.73 Å². The number of aryl methyl sites for hydroxylation is 1. The molecule has 2 aliphatic rings. The second kappa shape index (κ2) is 4.78. The Bertz CT molecular complexity index is 382. The first-order chi connectivity index (χ1) is 8.33. The summed E-state index contributed by atoms with van der Waals surface area (Å²) in [4.78, 5) is 4.55. The van der Waals surface area contributed by atoms with Crippen LogP contribution in [0.2, 0.25) is 0 Å². The molecule has 4 nitrogen and oxygen atoms in total. The predicted molar refractivity (Wildman–Crippen MR) is 65.8 cm³/mol. The van der Waals surface area contributed by atoms with E-state index in [1.165, 1.54) is 30.8 Å². The van der Waals surface area contributed by atoms with E-state index in [2.05, 4.69) is 9.55 Å². The van der Waals surface area contributed by atoms with E-state index in [4.69, 9.17) is 10.5 Å². The average Bonchev–Trinajstić information content (AvgIpc) is 2.73. The maximum atomic E-state index is 6.03. The van der Waals surface area contributed by atoms with Crippen molar-refractivity contribution in [1.29, 1.82) is 0 Å². The van der Waals surface area contributed by atoms with Crippen molar-refractivity contribution in [3.05, 3.63) is 17.7 Å². The summed E-state index contributed by atoms with van der Waals surface area (Å²) in [5, 5.41) is 0. The number of imidazole rings is 1. The third-order valence-corrected chi connectivity index (χ3v) is 3.89. The number of ether oxygens (including phenoxy) is 1. The van der Waals surface area contributed by atoms with E-state index < -0.39 is 0 Å². The molecule has 3 heterocycles. The minimum absolute atomic E-state index is 0.294. The quantitative estimate of drug-likeness (QED) is 0.840. The molecule has 4 heteroatoms. The molecule has 94 valence electrons. The number of hydrogen-bond donors (Lipinski definition) is 1. The molecule has 1 aromatic heterocycles. The Morgan fingerprint density at radius 3 is 3.18 bits per heavy atom. The normalized spacial score (nSPS) is 29.0. The van der Waals surface area contributed by atoms with E-state index >= 15 is 0 Å². The van der Waals surface area contributed by atoms with Crippen LogP contribution in [0.15, 0.2) is 6.20 Å². The minimum Gasteiger partial charge on any atom is -0.378 e. The summed E-state index contributed by atoms with van der Waals surface area (Å²) in [7, 11) is 0. The molecule has 2 atom stereocenters. The first-order valence-corrected chi connectivity index (χ1v) is 6.73. The highest BCUT2D eigenvalue weighted by molar-refractivity contribution is 5.10. The van der Waals surface area contributed by atoms with Gasteiger partial charge < -0.3 is 15.0 Å². The van der Waals surface area contributed by atoms with Gasteiger partial charge in [0.1, 0.15) is 5.82 Å². The van der Waals surface area contributed by atoms with Crippen LogP contribution in [0.3, 0.4) is 0 Å². The Morgan fingerprint density at radius 1 is 1.41 bits per heavy atom. The smallest absolute Gasteiger partial charge is 0.111 e. The molecular formula is C13H21N3O. The maximum Gasteiger partial charge on any atom is 0.111 e. The van der Waals surface area contributed by atoms with Gasteiger partial charge in [0.05, 0.1) is 6.10 Å². The number of rotatable bonds is 2. The average molecular weight is 235 g/mol. The highest BCUT2D eigenvalue weighted by atomic mass is 16.5. The first-order valence-electron chi connectivity index (χ1n) is 6.73. The van der Waals surface area contributed by atoms with Gasteiger partial charge in [0.25, 0.3) is 0 Å². The second-order valence-electron chi connectivity index (χ2n) is 5.27. The molecule has 1 fully saturated rings. The van der Waals surface area contributed by atoms with Crippen molar-refractivity contribution >= 4 is 0 Å². The molecule has 0 aromatic carbocycles. The Balaban J connectivity index is 1.72. The van der Waals surface area contributed by atoms with Crippen molar-refractivity contribution in [2.24, 2.45) is 5.73 Å². The summed E-state index contributed by atoms with van der Waals surface area (Å²) >= 11 is 0. The van der Waals surface area contributed by atoms with Gasteiger partial charge >= 0.3 is 0 Å². The monoisotopic (exact) mass is 235 g/mol. The van der Waals surface area contributed by atoms with E-state index in [9.17, 15) is 0 Å². The van der Waals surface area contributed by atoms with Crippen molar-refractivity contribution in [3.8, 4) is 0 Å². The molecule has 1 aromatic rings. The first kappa shape index (κ1) is 11.2. The third kappa shape index (κ3) is 2.38. The van der Waals surface area contributed by atoms with E-state index in [1.807, 2.05) is 6.20 Å². The number of fused-ring (bicyclic) bond motifs is 1. The van der Waals surface area contributed by atoms with E-state index in [0.29, 0.717) is 12.1 Å². The van der Waals surface area contributed by atoms with Crippen molar-refractivity contribution in [1.82, 2.24) is 9.55 Å². The van der Waals surface area contributed by atoms with Crippen LogP contribution in [0.4, 0.5) is 0 Å². The summed E-state index contributed by atoms with van der Waals surface area (Å²) in [6, 6.07) is 0.294. The Morgan fingerprint density at radius 2 is 2.35 bits per heavy atom. The van der Waals surface area contributed by atoms with Crippen LogP contribution in [-0.4, -0.2) is 28.3 Å². The lowest BCUT2D eigenvalue weighted by atomic mass is 10.0. The van der Waals surface area contributed by atoms with Gasteiger partial charge in [0.15, 0.2) is 0 Å². The van der Waals surface area contributed by atoms with Crippen LogP contribution in [-0.2, 0) is 24.1 Å². The fourth-order valence-corrected chi connectivity index (χ4v) is 2.87. The molecule has 2 aliphatic heterocycles. The zero-order valence-electron chi connectivity index (χ0n) is 10.3. The van der Waals surface area contributed by atoms with E-state index in [1.54, 1.807) is 0 Å². The summed E-state index contributed by atoms with van der Waals surface area (Å²) < 4.78 is 8.10. The molecule has 0 radical (unpaired) electrons. The van der Waals surface area contributed by atoms with Crippen LogP contribution in [0.25, 0.3) is 0 Å². The zero-order valence-corrected chi connectivity index (χ0v) is 10.3. The Kier molecular flexibility index (Phi) is 3.16. The molecule has 17 heavy (non-hydrogen) atoms. The SMILES string of the molecule is NC1CCc2cnc(CC3CCCCO3)n2C1. The van der Waals surface area contributed by atoms with Gasteiger partial charge in [-0.1, -0.05) is 0 Å². The summed E-state index contributed by atoms with van der Waals surface area (Å²) in [6.45, 7) is 1.84. The Labute approximate surface area is 102 Å². The van der Waals surface area contributed by atoms with Crippen molar-refractivity contribution in [3.63, 3.8) is 0 Å². The van der Waals surface area contributed by atoms with Gasteiger partial charge in [0, 0.05) is 37.5 Å². The van der Waals surface area contributed by atoms with Gasteiger partial charge in [0.2, 0.25) is 0 Å². The fraction of sp³-hybridized carbons (Fsp3) is 0.769. The standard InChI is InChI=1S/C13H21N3O/c14-10-4-5-11-8-15-13(16(11)9-10)7-12-3-1-2-6-17-12/h8,10,12H,1-7,9,14H2. The van der Waals surface area contributed by atoms with E-state index in [-0.39, 0.29) is 0 Å². The molecule has 0 bridgehead atoms. The lowest BCUT2D eigenvalue weighted by molar-refractivity contribution is 0.0150. The van der Waals surface area contributed by atoms with Crippen molar-refractivity contribution in [2.75, 3.05) is 6.61 Å². The van der Waals surface area contributed by atoms with Gasteiger partial charge in [-0.3, -0.25) is 0 Å². The fourth-order valence-electron chi connectivity index (χ4n) is 2.87. The molecule has 0 amide bonds. The third-order valence-electron chi connectivity index (χ3n) is 3.89. The number of nitrogens with two attached hydrogens (primary N) is 1. The molecule has 0 spiro atoms. The van der Waals surface area contributed by atoms with Gasteiger partial charge in [-0.15, -0.1) is 0 Å². The van der Waals surface area contributed by atoms with E-state index in [0.717, 1.165) is 32.4 Å². The lowest BCUT2D eigenvalue weighted by Crippen LogP contribution is -2.33. The summed E-state index contributed by atoms with van der Waals surface area (Å²) in [5.41, 5.74) is 7.38. The van der Waals surface area contributed by atoms with Crippen molar-refractivity contribution < 1.29 is 4.74 Å². The van der Waals surface area contributed by atoms with Gasteiger partial charge in [-0.2, -0.15) is 0 Å². The van der Waals surface area contributed by atoms with Crippen LogP contribution in [0.1, 0.15) is 37.2 Å². The molecule has 1 saturated heterocycles. The molecule has 3 rings (SSSR count). The van der Waals surface area contributed by atoms with Crippen molar-refractivity contribution in [2.45, 2.75) is 57.2 Å². The lowest BCUT2D eigenvalue weighted by Gasteiger charge is -2.25. The van der Waals surface area contributed by atoms with Crippen LogP contribution in [0.5, 0.6) is 0 Å². The molecule has 0 saturated carbocycles. The highest BCUT2D eigenvalue weighted by Crippen LogP contribution is 2.20. The number of nitrogens with zero attached hydrogens (tertiary/aromatic N) is 2. The van der Waals surface area contributed by atoms with Crippen LogP contribution >= 0.6 is 0 Å². The summed E-state index contributed by atoms with van der Waals surface area (Å²) in [6.07, 6.45) is 9.17. The topological polar surface area (TPSA) is 53.1 Å². The maximum absolute atomic E-state index is 6.03. The largest absolute Gasteiger partial charge is 0.378 e. The van der Waals surface area contributed by atoms with Gasteiger partial charge in [-0.05, 0) is 32.1 Å². The number of aromatic nitrogens is 2. The summed E-state index contributed by atoms with van der Waals surface area (Å²) in [5.74, 6) is 1.17. The zero-order chi connectivity index (χ0) is 11.7.